The molecule has 1 aliphatic rings. The van der Waals surface area contributed by atoms with E-state index < -0.39 is 6.43 Å². The number of benzene rings is 1. The van der Waals surface area contributed by atoms with E-state index in [0.29, 0.717) is 17.3 Å². The number of nitrogens with zero attached hydrogens (tertiary/aromatic N) is 5. The molecule has 0 atom stereocenters. The third kappa shape index (κ3) is 2.35. The summed E-state index contributed by atoms with van der Waals surface area (Å²) < 4.78 is 35.9. The number of methoxy groups -OCH3 is 1. The van der Waals surface area contributed by atoms with E-state index in [9.17, 15) is 8.78 Å². The van der Waals surface area contributed by atoms with Gasteiger partial charge < -0.3 is 9.30 Å². The first-order valence-electron chi connectivity index (χ1n) is 7.15. The summed E-state index contributed by atoms with van der Waals surface area (Å²) in [6, 6.07) is 5.59. The number of rotatable bonds is 3. The number of fused-ring (bicyclic) bond motifs is 5. The summed E-state index contributed by atoms with van der Waals surface area (Å²) in [6.07, 6.45) is -1.23. The molecule has 3 heterocycles. The normalized spacial score (nSPS) is 12.7. The molecule has 6 nitrogen and oxygen atoms in total. The molecule has 0 fully saturated rings. The van der Waals surface area contributed by atoms with Gasteiger partial charge in [0.1, 0.15) is 18.6 Å². The molecule has 0 spiro atoms. The van der Waals surface area contributed by atoms with Crippen molar-refractivity contribution in [2.24, 2.45) is 0 Å². The Labute approximate surface area is 144 Å². The third-order valence-electron chi connectivity index (χ3n) is 3.85. The number of ether oxygens (including phenoxy) is 1. The molecule has 0 N–H and O–H groups in total. The molecule has 0 bridgehead atoms. The quantitative estimate of drug-likeness (QED) is 0.533. The van der Waals surface area contributed by atoms with Crippen molar-refractivity contribution >= 4 is 15.9 Å². The van der Waals surface area contributed by atoms with Crippen molar-refractivity contribution in [2.45, 2.75) is 19.6 Å². The van der Waals surface area contributed by atoms with Crippen molar-refractivity contribution < 1.29 is 13.5 Å². The van der Waals surface area contributed by atoms with Gasteiger partial charge >= 0.3 is 0 Å². The lowest BCUT2D eigenvalue weighted by Gasteiger charge is -2.09. The second-order valence-electron chi connectivity index (χ2n) is 5.35. The fourth-order valence-electron chi connectivity index (χ4n) is 2.86. The maximum Gasteiger partial charge on any atom is 0.282 e. The molecule has 124 valence electrons. The van der Waals surface area contributed by atoms with E-state index >= 15 is 0 Å². The monoisotopic (exact) mass is 395 g/mol. The van der Waals surface area contributed by atoms with Crippen molar-refractivity contribution in [3.63, 3.8) is 0 Å². The highest BCUT2D eigenvalue weighted by Gasteiger charge is 2.27. The van der Waals surface area contributed by atoms with Gasteiger partial charge in [0.05, 0.1) is 17.9 Å². The van der Waals surface area contributed by atoms with E-state index in [4.69, 9.17) is 4.74 Å². The Hall–Kier alpha value is -2.13. The lowest BCUT2D eigenvalue weighted by atomic mass is 10.1. The van der Waals surface area contributed by atoms with E-state index in [2.05, 4.69) is 31.0 Å². The molecule has 1 aromatic carbocycles. The van der Waals surface area contributed by atoms with E-state index in [0.717, 1.165) is 15.7 Å². The number of hydrogen-bond acceptors (Lipinski definition) is 4. The van der Waals surface area contributed by atoms with Crippen molar-refractivity contribution in [3.05, 3.63) is 46.2 Å². The molecule has 0 unspecified atom stereocenters. The summed E-state index contributed by atoms with van der Waals surface area (Å²) in [7, 11) is 1.56. The zero-order chi connectivity index (χ0) is 16.8. The van der Waals surface area contributed by atoms with Crippen LogP contribution >= 0.6 is 15.9 Å². The number of aromatic nitrogens is 5. The van der Waals surface area contributed by atoms with Gasteiger partial charge in [-0.15, -0.1) is 0 Å². The highest BCUT2D eigenvalue weighted by atomic mass is 79.9. The van der Waals surface area contributed by atoms with E-state index in [1.807, 2.05) is 18.2 Å². The van der Waals surface area contributed by atoms with Gasteiger partial charge in [-0.25, -0.2) is 23.4 Å². The zero-order valence-electron chi connectivity index (χ0n) is 12.6. The fourth-order valence-corrected chi connectivity index (χ4v) is 3.22. The summed E-state index contributed by atoms with van der Waals surface area (Å²) >= 11 is 3.45. The summed E-state index contributed by atoms with van der Waals surface area (Å²) in [4.78, 5) is 8.40. The molecule has 0 saturated carbocycles. The Kier molecular flexibility index (Phi) is 3.69. The van der Waals surface area contributed by atoms with Crippen LogP contribution in [0.25, 0.3) is 17.1 Å². The third-order valence-corrected chi connectivity index (χ3v) is 4.35. The number of imidazole rings is 1. The summed E-state index contributed by atoms with van der Waals surface area (Å²) in [5.41, 5.74) is 1.70. The molecule has 9 heteroatoms. The van der Waals surface area contributed by atoms with Crippen LogP contribution in [0.3, 0.4) is 0 Å². The van der Waals surface area contributed by atoms with Crippen LogP contribution in [0.2, 0.25) is 0 Å². The topological polar surface area (TPSA) is 57.8 Å². The van der Waals surface area contributed by atoms with Crippen molar-refractivity contribution in [1.82, 2.24) is 24.3 Å². The average Bonchev–Trinajstić information content (AvgIpc) is 3.10. The summed E-state index contributed by atoms with van der Waals surface area (Å²) in [5.74, 6) is 1.12. The molecule has 2 aromatic heterocycles. The Balaban J connectivity index is 1.99. The van der Waals surface area contributed by atoms with E-state index in [-0.39, 0.29) is 18.8 Å². The van der Waals surface area contributed by atoms with E-state index in [1.54, 1.807) is 16.4 Å². The SMILES string of the molecule is COCc1nc2n(n1)Cc1c(C(F)F)ncn1-c1ccc(Br)cc1-2. The Morgan fingerprint density at radius 2 is 2.21 bits per heavy atom. The van der Waals surface area contributed by atoms with Gasteiger partial charge in [-0.1, -0.05) is 15.9 Å². The summed E-state index contributed by atoms with van der Waals surface area (Å²) in [6.45, 7) is 0.419. The largest absolute Gasteiger partial charge is 0.377 e. The fraction of sp³-hybridized carbons (Fsp3) is 0.267. The zero-order valence-corrected chi connectivity index (χ0v) is 14.2. The highest BCUT2D eigenvalue weighted by molar-refractivity contribution is 9.10. The predicted molar refractivity (Wildman–Crippen MR) is 85.1 cm³/mol. The molecular formula is C15H12BrF2N5O. The number of hydrogen-bond donors (Lipinski definition) is 0. The van der Waals surface area contributed by atoms with Gasteiger partial charge in [0.2, 0.25) is 0 Å². The Bertz CT molecular complexity index is 921. The lowest BCUT2D eigenvalue weighted by Crippen LogP contribution is -2.07. The van der Waals surface area contributed by atoms with Gasteiger partial charge in [0, 0.05) is 17.1 Å². The first-order valence-corrected chi connectivity index (χ1v) is 7.95. The minimum atomic E-state index is -2.65. The number of halogens is 3. The molecule has 0 saturated heterocycles. The Morgan fingerprint density at radius 3 is 2.96 bits per heavy atom. The minimum absolute atomic E-state index is 0.165. The molecule has 0 amide bonds. The molecule has 0 radical (unpaired) electrons. The second kappa shape index (κ2) is 5.75. The van der Waals surface area contributed by atoms with Crippen LogP contribution in [-0.2, 0) is 17.9 Å². The molecule has 0 aliphatic carbocycles. The van der Waals surface area contributed by atoms with Gasteiger partial charge in [-0.05, 0) is 18.2 Å². The lowest BCUT2D eigenvalue weighted by molar-refractivity contribution is 0.145. The van der Waals surface area contributed by atoms with Gasteiger partial charge in [-0.2, -0.15) is 5.10 Å². The predicted octanol–water partition coefficient (Wildman–Crippen LogP) is 3.34. The average molecular weight is 396 g/mol. The smallest absolute Gasteiger partial charge is 0.282 e. The Morgan fingerprint density at radius 1 is 1.38 bits per heavy atom. The first kappa shape index (κ1) is 15.4. The van der Waals surface area contributed by atoms with Gasteiger partial charge in [0.15, 0.2) is 11.6 Å². The van der Waals surface area contributed by atoms with Crippen LogP contribution in [-0.4, -0.2) is 31.4 Å². The highest BCUT2D eigenvalue weighted by Crippen LogP contribution is 2.35. The van der Waals surface area contributed by atoms with E-state index in [1.165, 1.54) is 6.33 Å². The summed E-state index contributed by atoms with van der Waals surface area (Å²) in [5, 5.41) is 4.39. The van der Waals surface area contributed by atoms with Crippen LogP contribution in [0.1, 0.15) is 23.6 Å². The molecular weight excluding hydrogens is 384 g/mol. The van der Waals surface area contributed by atoms with Crippen LogP contribution in [0, 0.1) is 0 Å². The first-order chi connectivity index (χ1) is 11.6. The molecule has 24 heavy (non-hydrogen) atoms. The van der Waals surface area contributed by atoms with Gasteiger partial charge in [-0.3, -0.25) is 0 Å². The minimum Gasteiger partial charge on any atom is -0.377 e. The van der Waals surface area contributed by atoms with Crippen LogP contribution in [0.15, 0.2) is 29.0 Å². The second-order valence-corrected chi connectivity index (χ2v) is 6.27. The molecule has 4 rings (SSSR count). The maximum absolute atomic E-state index is 13.3. The molecule has 3 aromatic rings. The van der Waals surface area contributed by atoms with Crippen molar-refractivity contribution in [3.8, 4) is 17.1 Å². The number of alkyl halides is 2. The van der Waals surface area contributed by atoms with Gasteiger partial charge in [0.25, 0.3) is 6.43 Å². The standard InChI is InChI=1S/C15H12BrF2N5O/c1-24-6-12-20-15-9-4-8(16)2-3-10(9)22-7-19-13(14(17)18)11(22)5-23(15)21-12/h2-4,7,14H,5-6H2,1H3. The molecule has 1 aliphatic heterocycles. The van der Waals surface area contributed by atoms with Crippen LogP contribution in [0.4, 0.5) is 8.78 Å². The van der Waals surface area contributed by atoms with Crippen molar-refractivity contribution in [1.29, 1.82) is 0 Å². The van der Waals surface area contributed by atoms with Crippen LogP contribution in [0.5, 0.6) is 0 Å². The van der Waals surface area contributed by atoms with Crippen molar-refractivity contribution in [2.75, 3.05) is 7.11 Å². The van der Waals surface area contributed by atoms with Crippen LogP contribution < -0.4 is 0 Å². The maximum atomic E-state index is 13.3.